The molecule has 1 N–H and O–H groups in total. The first kappa shape index (κ1) is 15.4. The molecule has 0 bridgehead atoms. The average Bonchev–Trinajstić information content (AvgIpc) is 2.32. The third kappa shape index (κ3) is 4.87. The molecule has 0 atom stereocenters. The highest BCUT2D eigenvalue weighted by molar-refractivity contribution is 5.65. The van der Waals surface area contributed by atoms with E-state index < -0.39 is 0 Å². The summed E-state index contributed by atoms with van der Waals surface area (Å²) in [5, 5.41) is 13.8. The van der Waals surface area contributed by atoms with Crippen molar-refractivity contribution < 1.29 is 9.66 Å². The van der Waals surface area contributed by atoms with Crippen LogP contribution in [0.4, 0.5) is 11.4 Å². The monoisotopic (exact) mass is 266 g/mol. The molecule has 0 radical (unpaired) electrons. The summed E-state index contributed by atoms with van der Waals surface area (Å²) in [4.78, 5) is 10.5. The van der Waals surface area contributed by atoms with E-state index in [2.05, 4.69) is 26.1 Å². The SMILES string of the molecule is CNc1c(COCCC(C)(C)C)cccc1[N+](=O)[O-]. The largest absolute Gasteiger partial charge is 0.382 e. The molecule has 0 unspecified atom stereocenters. The first-order valence-corrected chi connectivity index (χ1v) is 6.37. The number of hydrogen-bond donors (Lipinski definition) is 1. The Hall–Kier alpha value is -1.62. The first-order valence-electron chi connectivity index (χ1n) is 6.37. The fraction of sp³-hybridized carbons (Fsp3) is 0.571. The molecule has 0 aromatic heterocycles. The summed E-state index contributed by atoms with van der Waals surface area (Å²) in [5.41, 5.74) is 1.66. The Morgan fingerprint density at radius 2 is 2.05 bits per heavy atom. The van der Waals surface area contributed by atoms with E-state index in [1.54, 1.807) is 13.1 Å². The number of nitrogens with one attached hydrogen (secondary N) is 1. The van der Waals surface area contributed by atoms with Gasteiger partial charge in [0.1, 0.15) is 5.69 Å². The van der Waals surface area contributed by atoms with Crippen molar-refractivity contribution in [3.05, 3.63) is 33.9 Å². The summed E-state index contributed by atoms with van der Waals surface area (Å²) in [5.74, 6) is 0. The molecule has 1 rings (SSSR count). The fourth-order valence-corrected chi connectivity index (χ4v) is 1.71. The predicted molar refractivity (Wildman–Crippen MR) is 76.4 cm³/mol. The molecule has 0 saturated carbocycles. The lowest BCUT2D eigenvalue weighted by Gasteiger charge is -2.18. The molecular formula is C14H22N2O3. The van der Waals surface area contributed by atoms with Crippen molar-refractivity contribution in [1.82, 2.24) is 0 Å². The first-order chi connectivity index (χ1) is 8.85. The van der Waals surface area contributed by atoms with Crippen LogP contribution in [0.25, 0.3) is 0 Å². The molecule has 0 aliphatic heterocycles. The van der Waals surface area contributed by atoms with Gasteiger partial charge in [-0.05, 0) is 11.8 Å². The minimum absolute atomic E-state index is 0.0828. The highest BCUT2D eigenvalue weighted by atomic mass is 16.6. The number of nitro benzene ring substituents is 1. The molecule has 106 valence electrons. The van der Waals surface area contributed by atoms with Gasteiger partial charge < -0.3 is 10.1 Å². The van der Waals surface area contributed by atoms with Gasteiger partial charge in [0.05, 0.1) is 11.5 Å². The summed E-state index contributed by atoms with van der Waals surface area (Å²) in [6, 6.07) is 5.02. The van der Waals surface area contributed by atoms with E-state index in [1.807, 2.05) is 6.07 Å². The number of benzene rings is 1. The van der Waals surface area contributed by atoms with Gasteiger partial charge in [0, 0.05) is 25.3 Å². The number of anilines is 1. The van der Waals surface area contributed by atoms with Crippen LogP contribution in [0.2, 0.25) is 0 Å². The van der Waals surface area contributed by atoms with Gasteiger partial charge in [-0.3, -0.25) is 10.1 Å². The Labute approximate surface area is 114 Å². The second-order valence-electron chi connectivity index (χ2n) is 5.68. The maximum absolute atomic E-state index is 10.9. The molecule has 0 spiro atoms. The molecule has 19 heavy (non-hydrogen) atoms. The van der Waals surface area contributed by atoms with Crippen LogP contribution < -0.4 is 5.32 Å². The number of para-hydroxylation sites is 1. The lowest BCUT2D eigenvalue weighted by Crippen LogP contribution is -2.10. The average molecular weight is 266 g/mol. The molecule has 0 aliphatic rings. The topological polar surface area (TPSA) is 64.4 Å². The van der Waals surface area contributed by atoms with Crippen LogP contribution in [0.1, 0.15) is 32.8 Å². The molecule has 1 aromatic rings. The normalized spacial score (nSPS) is 11.4. The van der Waals surface area contributed by atoms with Gasteiger partial charge in [0.25, 0.3) is 5.69 Å². The van der Waals surface area contributed by atoms with Crippen LogP contribution >= 0.6 is 0 Å². The van der Waals surface area contributed by atoms with Crippen molar-refractivity contribution in [2.45, 2.75) is 33.8 Å². The van der Waals surface area contributed by atoms with E-state index in [0.717, 1.165) is 12.0 Å². The Morgan fingerprint density at radius 3 is 2.58 bits per heavy atom. The van der Waals surface area contributed by atoms with Crippen LogP contribution in [-0.4, -0.2) is 18.6 Å². The highest BCUT2D eigenvalue weighted by Crippen LogP contribution is 2.28. The van der Waals surface area contributed by atoms with Crippen LogP contribution in [0, 0.1) is 15.5 Å². The zero-order chi connectivity index (χ0) is 14.5. The van der Waals surface area contributed by atoms with Gasteiger partial charge in [-0.15, -0.1) is 0 Å². The van der Waals surface area contributed by atoms with E-state index in [9.17, 15) is 10.1 Å². The van der Waals surface area contributed by atoms with E-state index in [4.69, 9.17) is 4.74 Å². The summed E-state index contributed by atoms with van der Waals surface area (Å²) < 4.78 is 5.61. The Morgan fingerprint density at radius 1 is 1.37 bits per heavy atom. The standard InChI is InChI=1S/C14H22N2O3/c1-14(2,3)8-9-19-10-11-6-5-7-12(16(17)18)13(11)15-4/h5-7,15H,8-10H2,1-4H3. The smallest absolute Gasteiger partial charge is 0.292 e. The zero-order valence-electron chi connectivity index (χ0n) is 12.0. The van der Waals surface area contributed by atoms with Crippen molar-refractivity contribution in [3.8, 4) is 0 Å². The van der Waals surface area contributed by atoms with E-state index in [1.165, 1.54) is 6.07 Å². The Kier molecular flexibility index (Phi) is 5.30. The van der Waals surface area contributed by atoms with Crippen LogP contribution in [-0.2, 0) is 11.3 Å². The molecular weight excluding hydrogens is 244 g/mol. The van der Waals surface area contributed by atoms with Crippen LogP contribution in [0.15, 0.2) is 18.2 Å². The van der Waals surface area contributed by atoms with Crippen molar-refractivity contribution in [1.29, 1.82) is 0 Å². The Bertz CT molecular complexity index is 439. The van der Waals surface area contributed by atoms with Crippen molar-refractivity contribution in [2.75, 3.05) is 19.0 Å². The number of nitrogens with zero attached hydrogens (tertiary/aromatic N) is 1. The molecule has 0 heterocycles. The summed E-state index contributed by atoms with van der Waals surface area (Å²) in [6.07, 6.45) is 0.955. The summed E-state index contributed by atoms with van der Waals surface area (Å²) in [6.45, 7) is 7.50. The maximum Gasteiger partial charge on any atom is 0.292 e. The molecule has 0 saturated heterocycles. The second kappa shape index (κ2) is 6.52. The van der Waals surface area contributed by atoms with Crippen LogP contribution in [0.5, 0.6) is 0 Å². The van der Waals surface area contributed by atoms with Gasteiger partial charge >= 0.3 is 0 Å². The van der Waals surface area contributed by atoms with Crippen molar-refractivity contribution in [2.24, 2.45) is 5.41 Å². The lowest BCUT2D eigenvalue weighted by atomic mass is 9.93. The minimum Gasteiger partial charge on any atom is -0.382 e. The second-order valence-corrected chi connectivity index (χ2v) is 5.68. The van der Waals surface area contributed by atoms with Gasteiger partial charge in [-0.1, -0.05) is 32.9 Å². The van der Waals surface area contributed by atoms with Gasteiger partial charge in [0.2, 0.25) is 0 Å². The minimum atomic E-state index is -0.384. The molecule has 0 aliphatic carbocycles. The van der Waals surface area contributed by atoms with E-state index >= 15 is 0 Å². The van der Waals surface area contributed by atoms with Gasteiger partial charge in [-0.25, -0.2) is 0 Å². The highest BCUT2D eigenvalue weighted by Gasteiger charge is 2.16. The molecule has 0 amide bonds. The third-order valence-corrected chi connectivity index (χ3v) is 2.83. The van der Waals surface area contributed by atoms with Crippen molar-refractivity contribution in [3.63, 3.8) is 0 Å². The maximum atomic E-state index is 10.9. The molecule has 0 fully saturated rings. The van der Waals surface area contributed by atoms with E-state index in [-0.39, 0.29) is 16.0 Å². The number of nitro groups is 1. The lowest BCUT2D eigenvalue weighted by molar-refractivity contribution is -0.384. The predicted octanol–water partition coefficient (Wildman–Crippen LogP) is 3.59. The van der Waals surface area contributed by atoms with E-state index in [0.29, 0.717) is 18.9 Å². The van der Waals surface area contributed by atoms with Gasteiger partial charge in [0.15, 0.2) is 0 Å². The van der Waals surface area contributed by atoms with Crippen molar-refractivity contribution >= 4 is 11.4 Å². The molecule has 1 aromatic carbocycles. The third-order valence-electron chi connectivity index (χ3n) is 2.83. The Balaban J connectivity index is 2.68. The zero-order valence-corrected chi connectivity index (χ0v) is 12.0. The number of hydrogen-bond acceptors (Lipinski definition) is 4. The number of ether oxygens (including phenoxy) is 1. The fourth-order valence-electron chi connectivity index (χ4n) is 1.71. The summed E-state index contributed by atoms with van der Waals surface area (Å²) >= 11 is 0. The van der Waals surface area contributed by atoms with Gasteiger partial charge in [-0.2, -0.15) is 0 Å². The summed E-state index contributed by atoms with van der Waals surface area (Å²) in [7, 11) is 1.68. The molecule has 5 heteroatoms. The quantitative estimate of drug-likeness (QED) is 0.485. The number of rotatable bonds is 6. The molecule has 5 nitrogen and oxygen atoms in total. The van der Waals surface area contributed by atoms with Crippen LogP contribution in [0.3, 0.4) is 0 Å².